The zero-order valence-corrected chi connectivity index (χ0v) is 36.8. The van der Waals surface area contributed by atoms with Crippen LogP contribution in [0.25, 0.3) is 0 Å². The summed E-state index contributed by atoms with van der Waals surface area (Å²) in [5.41, 5.74) is -9.57. The summed E-state index contributed by atoms with van der Waals surface area (Å²) in [6, 6.07) is 0. The van der Waals surface area contributed by atoms with E-state index < -0.39 is 110 Å². The smallest absolute Gasteiger partial charge is 0.230 e. The van der Waals surface area contributed by atoms with Crippen LogP contribution >= 0.6 is 0 Å². The maximum Gasteiger partial charge on any atom is 0.230 e. The summed E-state index contributed by atoms with van der Waals surface area (Å²) in [5.74, 6) is -5.29. The Morgan fingerprint density at radius 2 is 1.10 bits per heavy atom. The zero-order chi connectivity index (χ0) is 45.2. The van der Waals surface area contributed by atoms with Crippen molar-refractivity contribution in [1.82, 2.24) is 0 Å². The molecule has 338 valence electrons. The van der Waals surface area contributed by atoms with Crippen LogP contribution in [0.3, 0.4) is 0 Å². The van der Waals surface area contributed by atoms with Crippen molar-refractivity contribution < 1.29 is 67.0 Å². The van der Waals surface area contributed by atoms with Gasteiger partial charge in [0.2, 0.25) is 5.78 Å². The van der Waals surface area contributed by atoms with Gasteiger partial charge in [0.05, 0.1) is 24.4 Å². The number of allylic oxidation sites excluding steroid dienone is 8. The minimum Gasteiger partial charge on any atom is -0.390 e. The Balaban J connectivity index is 0.000000158. The van der Waals surface area contributed by atoms with Crippen molar-refractivity contribution in [2.24, 2.45) is 45.3 Å². The summed E-state index contributed by atoms with van der Waals surface area (Å²) < 4.78 is 58.9. The van der Waals surface area contributed by atoms with Gasteiger partial charge in [0, 0.05) is 33.5 Å². The molecule has 0 aromatic carbocycles. The number of ether oxygens (including phenoxy) is 4. The van der Waals surface area contributed by atoms with Gasteiger partial charge in [-0.2, -0.15) is 0 Å². The second-order valence-electron chi connectivity index (χ2n) is 21.8. The van der Waals surface area contributed by atoms with Gasteiger partial charge in [-0.15, -0.1) is 0 Å². The van der Waals surface area contributed by atoms with E-state index in [1.165, 1.54) is 24.3 Å². The number of hydrogen-bond acceptors (Lipinski definition) is 12. The third kappa shape index (κ3) is 5.09. The van der Waals surface area contributed by atoms with Crippen molar-refractivity contribution in [2.45, 2.75) is 165 Å². The van der Waals surface area contributed by atoms with E-state index in [9.17, 15) is 39.3 Å². The SMILES string of the molecule is CC1(C)O[C@@H]2CC3C4CCC5=CC(=O)C=CC5(C)[C@@]4(F)[C@@H](O)CC3(C)[C@]2(C(=O)C=O)O1.CC1(C)O[C@@H]2CC3C4CCC5=CC(=O)C=CC5(C)[C@@]4(F)[C@@H](O)CC3(C)[C@]2(C(=O)CO)O1. The summed E-state index contributed by atoms with van der Waals surface area (Å²) in [7, 11) is 0. The Morgan fingerprint density at radius 3 is 1.52 bits per heavy atom. The fourth-order valence-corrected chi connectivity index (χ4v) is 15.8. The van der Waals surface area contributed by atoms with Crippen LogP contribution in [0.2, 0.25) is 0 Å². The van der Waals surface area contributed by atoms with Crippen LogP contribution in [-0.2, 0) is 42.9 Å². The highest BCUT2D eigenvalue weighted by molar-refractivity contribution is 6.29. The highest BCUT2D eigenvalue weighted by Crippen LogP contribution is 2.74. The zero-order valence-electron chi connectivity index (χ0n) is 36.8. The van der Waals surface area contributed by atoms with E-state index >= 15 is 8.78 Å². The fraction of sp³-hybridized carbons (Fsp3) is 0.729. The molecular formula is C48H60F2O12. The van der Waals surface area contributed by atoms with E-state index in [2.05, 4.69) is 0 Å². The summed E-state index contributed by atoms with van der Waals surface area (Å²) >= 11 is 0. The molecule has 10 aliphatic rings. The molecule has 0 amide bonds. The van der Waals surface area contributed by atoms with Gasteiger partial charge in [-0.1, -0.05) is 37.1 Å². The topological polar surface area (TPSA) is 183 Å². The number of halogens is 2. The van der Waals surface area contributed by atoms with E-state index in [1.54, 1.807) is 53.7 Å². The standard InChI is InChI=1S/C24H31FO6.C24H29FO6/c2*1-20(2)30-19-10-16-15-6-5-13-9-14(27)7-8-21(13,3)23(15,25)17(28)11-22(16,4)24(19,31-20)18(29)12-26/h7-9,15-17,19,26,28H,5-6,10-12H2,1-4H3;7-9,12,15-17,19,28H,5-6,10-11H2,1-4H3/t2*15?,16?,17-,19+,21?,22?,23-,24+/m00/s1. The van der Waals surface area contributed by atoms with Gasteiger partial charge in [0.25, 0.3) is 0 Å². The largest absolute Gasteiger partial charge is 0.390 e. The Morgan fingerprint density at radius 1 is 0.694 bits per heavy atom. The van der Waals surface area contributed by atoms with Gasteiger partial charge in [0.15, 0.2) is 57.7 Å². The second-order valence-corrected chi connectivity index (χ2v) is 21.8. The Kier molecular flexibility index (Phi) is 9.43. The Bertz CT molecular complexity index is 2180. The normalized spacial score (nSPS) is 52.0. The molecule has 8 aliphatic carbocycles. The first kappa shape index (κ1) is 44.1. The summed E-state index contributed by atoms with van der Waals surface area (Å²) in [6.07, 6.45) is 7.98. The number of aliphatic hydroxyl groups excluding tert-OH is 3. The number of fused-ring (bicyclic) bond motifs is 14. The molecule has 12 nitrogen and oxygen atoms in total. The maximum absolute atomic E-state index is 17.1. The lowest BCUT2D eigenvalue weighted by atomic mass is 9.44. The number of hydrogen-bond donors (Lipinski definition) is 3. The number of carbonyl (C=O) groups excluding carboxylic acids is 5. The molecule has 0 aromatic heterocycles. The minimum atomic E-state index is -2.00. The Hall–Kier alpha value is -3.11. The molecule has 10 rings (SSSR count). The van der Waals surface area contributed by atoms with E-state index in [1.807, 2.05) is 13.8 Å². The van der Waals surface area contributed by atoms with Crippen molar-refractivity contribution >= 4 is 29.4 Å². The highest BCUT2D eigenvalue weighted by atomic mass is 19.1. The molecule has 0 bridgehead atoms. The predicted octanol–water partition coefficient (Wildman–Crippen LogP) is 5.04. The van der Waals surface area contributed by atoms with Crippen LogP contribution in [-0.4, -0.2) is 110 Å². The van der Waals surface area contributed by atoms with E-state index in [0.29, 0.717) is 44.1 Å². The van der Waals surface area contributed by atoms with E-state index in [4.69, 9.17) is 18.9 Å². The molecule has 0 spiro atoms. The maximum atomic E-state index is 17.1. The average Bonchev–Trinajstić information content (AvgIpc) is 3.81. The number of Topliss-reactive ketones (excluding diaryl/α,β-unsaturated/α-hetero) is 2. The summed E-state index contributed by atoms with van der Waals surface area (Å²) in [5, 5.41) is 32.5. The molecule has 2 aliphatic heterocycles. The molecule has 2 heterocycles. The number of alkyl halides is 2. The number of ketones is 4. The van der Waals surface area contributed by atoms with Gasteiger partial charge in [0.1, 0.15) is 6.61 Å². The van der Waals surface area contributed by atoms with E-state index in [0.717, 1.165) is 5.57 Å². The molecule has 2 saturated heterocycles. The lowest BCUT2D eigenvalue weighted by Gasteiger charge is -2.62. The first-order chi connectivity index (χ1) is 28.7. The summed E-state index contributed by atoms with van der Waals surface area (Å²) in [4.78, 5) is 61.7. The predicted molar refractivity (Wildman–Crippen MR) is 216 cm³/mol. The molecule has 62 heavy (non-hydrogen) atoms. The molecule has 16 atom stereocenters. The van der Waals surface area contributed by atoms with E-state index in [-0.39, 0.29) is 42.5 Å². The molecule has 3 N–H and O–H groups in total. The molecule has 6 saturated carbocycles. The average molecular weight is 867 g/mol. The minimum absolute atomic E-state index is 0.0109. The molecule has 14 heteroatoms. The number of aliphatic hydroxyl groups is 3. The number of carbonyl (C=O) groups is 5. The monoisotopic (exact) mass is 866 g/mol. The van der Waals surface area contributed by atoms with Crippen LogP contribution < -0.4 is 0 Å². The van der Waals surface area contributed by atoms with Gasteiger partial charge >= 0.3 is 0 Å². The van der Waals surface area contributed by atoms with Gasteiger partial charge < -0.3 is 34.3 Å². The lowest BCUT2D eigenvalue weighted by molar-refractivity contribution is -0.246. The van der Waals surface area contributed by atoms with Crippen LogP contribution in [0.15, 0.2) is 47.6 Å². The van der Waals surface area contributed by atoms with Crippen LogP contribution in [0.1, 0.15) is 107 Å². The first-order valence-corrected chi connectivity index (χ1v) is 22.2. The van der Waals surface area contributed by atoms with Crippen molar-refractivity contribution in [3.8, 4) is 0 Å². The molecule has 8 unspecified atom stereocenters. The molecule has 0 radical (unpaired) electrons. The molecule has 0 aromatic rings. The van der Waals surface area contributed by atoms with Crippen LogP contribution in [0.4, 0.5) is 8.78 Å². The number of rotatable bonds is 4. The number of aldehydes is 1. The van der Waals surface area contributed by atoms with Crippen LogP contribution in [0, 0.1) is 45.3 Å². The fourth-order valence-electron chi connectivity index (χ4n) is 15.8. The van der Waals surface area contributed by atoms with Crippen molar-refractivity contribution in [3.05, 3.63) is 47.6 Å². The third-order valence-electron chi connectivity index (χ3n) is 18.3. The Labute approximate surface area is 360 Å². The lowest BCUT2D eigenvalue weighted by Crippen LogP contribution is -2.70. The van der Waals surface area contributed by atoms with Crippen molar-refractivity contribution in [2.75, 3.05) is 6.61 Å². The summed E-state index contributed by atoms with van der Waals surface area (Å²) in [6.45, 7) is 13.4. The second kappa shape index (κ2) is 13.3. The van der Waals surface area contributed by atoms with Gasteiger partial charge in [-0.05, 0) is 129 Å². The third-order valence-corrected chi connectivity index (χ3v) is 18.3. The molecular weight excluding hydrogens is 807 g/mol. The van der Waals surface area contributed by atoms with Crippen molar-refractivity contribution in [3.63, 3.8) is 0 Å². The highest BCUT2D eigenvalue weighted by Gasteiger charge is 2.82. The van der Waals surface area contributed by atoms with Crippen LogP contribution in [0.5, 0.6) is 0 Å². The van der Waals surface area contributed by atoms with Crippen molar-refractivity contribution in [1.29, 1.82) is 0 Å². The first-order valence-electron chi connectivity index (χ1n) is 22.2. The quantitative estimate of drug-likeness (QED) is 0.253. The van der Waals surface area contributed by atoms with Gasteiger partial charge in [-0.3, -0.25) is 24.0 Å². The molecule has 8 fully saturated rings. The van der Waals surface area contributed by atoms with Gasteiger partial charge in [-0.25, -0.2) is 8.78 Å².